The number of aromatic hydroxyl groups is 1. The monoisotopic (exact) mass is 424 g/mol. The van der Waals surface area contributed by atoms with Crippen molar-refractivity contribution >= 4 is 33.6 Å². The summed E-state index contributed by atoms with van der Waals surface area (Å²) in [6.07, 6.45) is 7.58. The van der Waals surface area contributed by atoms with Gasteiger partial charge >= 0.3 is 0 Å². The summed E-state index contributed by atoms with van der Waals surface area (Å²) < 4.78 is 20.6. The summed E-state index contributed by atoms with van der Waals surface area (Å²) in [4.78, 5) is 12.1. The van der Waals surface area contributed by atoms with Gasteiger partial charge in [0, 0.05) is 37.2 Å². The van der Waals surface area contributed by atoms with Gasteiger partial charge in [-0.15, -0.1) is 0 Å². The lowest BCUT2D eigenvalue weighted by molar-refractivity contribution is 0.0653. The summed E-state index contributed by atoms with van der Waals surface area (Å²) in [6, 6.07) is 7.77. The number of hydrogen-bond acceptors (Lipinski definition) is 7. The molecule has 5 N–H and O–H groups in total. The van der Waals surface area contributed by atoms with E-state index in [1.165, 1.54) is 37.4 Å². The molecule has 0 bridgehead atoms. The molecule has 2 unspecified atom stereocenters. The molecular formula is C22H25FN6O2. The molecule has 1 aliphatic carbocycles. The molecule has 0 aliphatic heterocycles. The lowest BCUT2D eigenvalue weighted by Gasteiger charge is -2.18. The second-order valence-electron chi connectivity index (χ2n) is 7.66. The smallest absolute Gasteiger partial charge is 0.165 e. The van der Waals surface area contributed by atoms with Crippen molar-refractivity contribution in [2.45, 2.75) is 31.9 Å². The van der Waals surface area contributed by atoms with Gasteiger partial charge in [0.1, 0.15) is 23.5 Å². The number of nitrogen functional groups attached to an aromatic ring is 2. The lowest BCUT2D eigenvalue weighted by atomic mass is 10.1. The largest absolute Gasteiger partial charge is 0.508 e. The molecule has 0 saturated heterocycles. The molecule has 4 aromatic rings. The molecule has 1 fully saturated rings. The minimum Gasteiger partial charge on any atom is -0.508 e. The number of rotatable bonds is 3. The summed E-state index contributed by atoms with van der Waals surface area (Å²) in [7, 11) is 1.80. The molecular weight excluding hydrogens is 399 g/mol. The van der Waals surface area contributed by atoms with E-state index in [2.05, 4.69) is 19.5 Å². The van der Waals surface area contributed by atoms with Crippen LogP contribution in [0.4, 0.5) is 16.0 Å². The molecule has 3 heterocycles. The molecule has 1 saturated carbocycles. The van der Waals surface area contributed by atoms with Gasteiger partial charge in [-0.05, 0) is 37.1 Å². The first-order valence-corrected chi connectivity index (χ1v) is 10.1. The number of ether oxygens (including phenoxy) is 1. The number of fused-ring (bicyclic) bond motifs is 2. The van der Waals surface area contributed by atoms with Crippen molar-refractivity contribution in [2.75, 3.05) is 18.6 Å². The molecule has 1 aliphatic rings. The van der Waals surface area contributed by atoms with Gasteiger partial charge in [-0.1, -0.05) is 6.42 Å². The Bertz CT molecular complexity index is 1210. The predicted molar refractivity (Wildman–Crippen MR) is 118 cm³/mol. The molecule has 0 radical (unpaired) electrons. The molecule has 9 heteroatoms. The van der Waals surface area contributed by atoms with Gasteiger partial charge in [0.2, 0.25) is 0 Å². The molecule has 2 atom stereocenters. The Morgan fingerprint density at radius 3 is 2.81 bits per heavy atom. The Morgan fingerprint density at radius 1 is 1.16 bits per heavy atom. The third kappa shape index (κ3) is 4.36. The van der Waals surface area contributed by atoms with Crippen LogP contribution >= 0.6 is 0 Å². The van der Waals surface area contributed by atoms with Crippen molar-refractivity contribution in [1.82, 2.24) is 19.5 Å². The van der Waals surface area contributed by atoms with E-state index in [0.717, 1.165) is 24.0 Å². The Morgan fingerprint density at radius 2 is 2.00 bits per heavy atom. The highest BCUT2D eigenvalue weighted by Gasteiger charge is 2.27. The Hall–Kier alpha value is -3.46. The van der Waals surface area contributed by atoms with Gasteiger partial charge in [0.25, 0.3) is 0 Å². The van der Waals surface area contributed by atoms with E-state index in [4.69, 9.17) is 21.3 Å². The summed E-state index contributed by atoms with van der Waals surface area (Å²) in [5.41, 5.74) is 12.5. The number of methoxy groups -OCH3 is 1. The van der Waals surface area contributed by atoms with Crippen LogP contribution in [0.1, 0.15) is 19.3 Å². The van der Waals surface area contributed by atoms with Crippen molar-refractivity contribution in [2.24, 2.45) is 5.92 Å². The predicted octanol–water partition coefficient (Wildman–Crippen LogP) is 3.49. The first-order chi connectivity index (χ1) is 15.0. The third-order valence-corrected chi connectivity index (χ3v) is 5.69. The van der Waals surface area contributed by atoms with Crippen molar-refractivity contribution in [3.8, 4) is 5.75 Å². The molecule has 5 rings (SSSR count). The fraction of sp³-hybridized carbons (Fsp3) is 0.318. The van der Waals surface area contributed by atoms with Crippen molar-refractivity contribution in [3.63, 3.8) is 0 Å². The highest BCUT2D eigenvalue weighted by Crippen LogP contribution is 2.30. The van der Waals surface area contributed by atoms with Crippen LogP contribution in [-0.2, 0) is 11.3 Å². The number of pyridine rings is 1. The van der Waals surface area contributed by atoms with Gasteiger partial charge in [0.05, 0.1) is 17.0 Å². The number of phenolic OH excluding ortho intramolecular Hbond substituents is 1. The zero-order chi connectivity index (χ0) is 22.0. The maximum absolute atomic E-state index is 12.9. The number of nitrogens with zero attached hydrogens (tertiary/aromatic N) is 4. The van der Waals surface area contributed by atoms with E-state index < -0.39 is 5.82 Å². The van der Waals surface area contributed by atoms with E-state index in [-0.39, 0.29) is 11.6 Å². The third-order valence-electron chi connectivity index (χ3n) is 5.69. The lowest BCUT2D eigenvalue weighted by Crippen LogP contribution is -2.21. The fourth-order valence-corrected chi connectivity index (χ4v) is 4.09. The topological polar surface area (TPSA) is 125 Å². The van der Waals surface area contributed by atoms with Gasteiger partial charge in [-0.25, -0.2) is 19.3 Å². The normalized spacial score (nSPS) is 18.3. The maximum atomic E-state index is 12.9. The molecule has 1 aromatic carbocycles. The molecule has 0 spiro atoms. The molecule has 3 aromatic heterocycles. The standard InChI is InChI=1S/C13H18N4O.C9H7FN2O/c1-18-11-4-2-3-9(11)7-17-6-5-10-12(14)15-8-16-13(10)17;10-7-3-5-1-2-6(13)4-8(5)12-9(7)11/h5-6,8-9,11H,2-4,7H2,1H3,(H2,14,15,16);1-4,13H,(H2,11,12). The zero-order valence-electron chi connectivity index (χ0n) is 17.2. The van der Waals surface area contributed by atoms with Gasteiger partial charge in [0.15, 0.2) is 11.6 Å². The molecule has 0 amide bonds. The second kappa shape index (κ2) is 8.73. The highest BCUT2D eigenvalue weighted by atomic mass is 19.1. The van der Waals surface area contributed by atoms with Gasteiger partial charge in [-0.2, -0.15) is 0 Å². The van der Waals surface area contributed by atoms with Crippen LogP contribution in [0.3, 0.4) is 0 Å². The van der Waals surface area contributed by atoms with E-state index in [0.29, 0.717) is 28.7 Å². The van der Waals surface area contributed by atoms with Crippen LogP contribution < -0.4 is 11.5 Å². The first kappa shape index (κ1) is 20.8. The number of phenols is 1. The van der Waals surface area contributed by atoms with E-state index in [9.17, 15) is 4.39 Å². The van der Waals surface area contributed by atoms with E-state index in [1.807, 2.05) is 12.3 Å². The van der Waals surface area contributed by atoms with Crippen molar-refractivity contribution in [3.05, 3.63) is 48.7 Å². The Kier molecular flexibility index (Phi) is 5.85. The van der Waals surface area contributed by atoms with Crippen LogP contribution in [-0.4, -0.2) is 37.8 Å². The summed E-state index contributed by atoms with van der Waals surface area (Å²) >= 11 is 0. The van der Waals surface area contributed by atoms with Crippen LogP contribution in [0, 0.1) is 11.7 Å². The van der Waals surface area contributed by atoms with Crippen LogP contribution in [0.2, 0.25) is 0 Å². The molecule has 162 valence electrons. The number of anilines is 2. The van der Waals surface area contributed by atoms with Crippen LogP contribution in [0.5, 0.6) is 5.75 Å². The zero-order valence-corrected chi connectivity index (χ0v) is 17.2. The summed E-state index contributed by atoms with van der Waals surface area (Å²) in [5, 5.41) is 10.7. The number of aromatic nitrogens is 4. The van der Waals surface area contributed by atoms with Crippen LogP contribution in [0.25, 0.3) is 21.9 Å². The summed E-state index contributed by atoms with van der Waals surface area (Å²) in [5.74, 6) is 0.512. The van der Waals surface area contributed by atoms with Crippen molar-refractivity contribution < 1.29 is 14.2 Å². The maximum Gasteiger partial charge on any atom is 0.165 e. The van der Waals surface area contributed by atoms with Gasteiger partial charge < -0.3 is 25.9 Å². The van der Waals surface area contributed by atoms with E-state index >= 15 is 0 Å². The molecule has 31 heavy (non-hydrogen) atoms. The average molecular weight is 424 g/mol. The Balaban J connectivity index is 0.000000158. The minimum absolute atomic E-state index is 0.0889. The SMILES string of the molecule is COC1CCCC1Cn1ccc2c(N)ncnc21.Nc1nc2cc(O)ccc2cc1F. The fourth-order valence-electron chi connectivity index (χ4n) is 4.09. The number of nitrogens with two attached hydrogens (primary N) is 2. The quantitative estimate of drug-likeness (QED) is 0.460. The van der Waals surface area contributed by atoms with Crippen LogP contribution in [0.15, 0.2) is 42.9 Å². The molecule has 8 nitrogen and oxygen atoms in total. The Labute approximate surface area is 178 Å². The minimum atomic E-state index is -0.543. The first-order valence-electron chi connectivity index (χ1n) is 10.1. The van der Waals surface area contributed by atoms with Crippen molar-refractivity contribution in [1.29, 1.82) is 0 Å². The summed E-state index contributed by atoms with van der Waals surface area (Å²) in [6.45, 7) is 0.943. The second-order valence-corrected chi connectivity index (χ2v) is 7.66. The number of benzene rings is 1. The van der Waals surface area contributed by atoms with E-state index in [1.54, 1.807) is 13.2 Å². The number of halogens is 1. The average Bonchev–Trinajstić information content (AvgIpc) is 3.38. The number of hydrogen-bond donors (Lipinski definition) is 3. The highest BCUT2D eigenvalue weighted by molar-refractivity contribution is 5.86. The van der Waals surface area contributed by atoms with Gasteiger partial charge in [-0.3, -0.25) is 0 Å².